The number of aromatic nitrogens is 5. The summed E-state index contributed by atoms with van der Waals surface area (Å²) in [7, 11) is 0. The zero-order valence-corrected chi connectivity index (χ0v) is 45.1. The van der Waals surface area contributed by atoms with Crippen LogP contribution in [-0.2, 0) is 9.59 Å². The van der Waals surface area contributed by atoms with Gasteiger partial charge < -0.3 is 44.6 Å². The lowest BCUT2D eigenvalue weighted by atomic mass is 9.79. The molecular weight excluding hydrogens is 993 g/mol. The number of aliphatic hydroxyl groups excluding tert-OH is 1. The minimum absolute atomic E-state index is 0.0112. The Kier molecular flexibility index (Phi) is 12.7. The molecule has 4 aromatic heterocycles. The zero-order chi connectivity index (χ0) is 52.9. The van der Waals surface area contributed by atoms with Crippen LogP contribution in [-0.4, -0.2) is 132 Å². The fourth-order valence-electron chi connectivity index (χ4n) is 13.9. The molecule has 0 saturated carbocycles. The molecule has 17 nitrogen and oxygen atoms in total. The van der Waals surface area contributed by atoms with E-state index in [2.05, 4.69) is 49.6 Å². The van der Waals surface area contributed by atoms with E-state index >= 15 is 0 Å². The van der Waals surface area contributed by atoms with E-state index in [1.54, 1.807) is 17.4 Å². The molecule has 0 spiro atoms. The number of carbonyl (C=O) groups excluding carboxylic acids is 2. The van der Waals surface area contributed by atoms with Crippen LogP contribution >= 0.6 is 11.3 Å². The number of phenolic OH excluding ortho intramolecular Hbond substituents is 1. The molecule has 9 atom stereocenters. The topological polar surface area (TPSA) is 204 Å². The minimum atomic E-state index is -0.848. The van der Waals surface area contributed by atoms with Crippen LogP contribution in [0.5, 0.6) is 17.6 Å². The third-order valence-electron chi connectivity index (χ3n) is 17.7. The number of nitrogens with zero attached hydrogens (tertiary/aromatic N) is 8. The van der Waals surface area contributed by atoms with Crippen molar-refractivity contribution in [2.45, 2.75) is 133 Å². The van der Waals surface area contributed by atoms with Crippen molar-refractivity contribution in [2.75, 3.05) is 44.3 Å². The molecular formula is C59H66N10O7S. The predicted molar refractivity (Wildman–Crippen MR) is 293 cm³/mol. The van der Waals surface area contributed by atoms with E-state index in [1.165, 1.54) is 10.5 Å². The zero-order valence-electron chi connectivity index (χ0n) is 44.2. The van der Waals surface area contributed by atoms with Crippen LogP contribution in [0.15, 0.2) is 76.9 Å². The van der Waals surface area contributed by atoms with Crippen molar-refractivity contribution in [3.8, 4) is 39.3 Å². The largest absolute Gasteiger partial charge is 0.508 e. The Morgan fingerprint density at radius 2 is 1.81 bits per heavy atom. The number of carbonyl (C=O) groups is 2. The van der Waals surface area contributed by atoms with Gasteiger partial charge in [-0.05, 0) is 110 Å². The summed E-state index contributed by atoms with van der Waals surface area (Å²) in [4.78, 5) is 56.0. The first-order chi connectivity index (χ1) is 37.3. The van der Waals surface area contributed by atoms with Crippen molar-refractivity contribution in [1.29, 1.82) is 0 Å². The van der Waals surface area contributed by atoms with Crippen LogP contribution in [0.25, 0.3) is 43.4 Å². The maximum Gasteiger partial charge on any atom is 0.319 e. The summed E-state index contributed by atoms with van der Waals surface area (Å²) in [5, 5.41) is 35.9. The van der Waals surface area contributed by atoms with Crippen molar-refractivity contribution < 1.29 is 33.8 Å². The number of fused-ring (bicyclic) bond motifs is 7. The van der Waals surface area contributed by atoms with Gasteiger partial charge in [-0.1, -0.05) is 63.2 Å². The molecule has 13 rings (SSSR count). The highest BCUT2D eigenvalue weighted by atomic mass is 32.1. The Morgan fingerprint density at radius 3 is 2.58 bits per heavy atom. The Morgan fingerprint density at radius 1 is 0.987 bits per heavy atom. The molecule has 4 unspecified atom stereocenters. The number of piperazine rings is 1. The minimum Gasteiger partial charge on any atom is -0.508 e. The Labute approximate surface area is 451 Å². The molecule has 77 heavy (non-hydrogen) atoms. The number of nitrogens with one attached hydrogen (secondary N) is 2. The van der Waals surface area contributed by atoms with Gasteiger partial charge in [0.25, 0.3) is 5.88 Å². The van der Waals surface area contributed by atoms with E-state index in [1.807, 2.05) is 81.9 Å². The molecule has 5 saturated heterocycles. The number of amides is 2. The van der Waals surface area contributed by atoms with E-state index in [0.29, 0.717) is 42.9 Å². The summed E-state index contributed by atoms with van der Waals surface area (Å²) in [5.74, 6) is 0.132. The molecule has 1 aliphatic carbocycles. The number of ether oxygens (including phenoxy) is 2. The Hall–Kier alpha value is -6.73. The van der Waals surface area contributed by atoms with Crippen LogP contribution in [0.1, 0.15) is 119 Å². The number of β-amino-alcohol motifs (C(OH)–C–C–N with tert-alkyl or cyclic N) is 1. The molecule has 2 bridgehead atoms. The summed E-state index contributed by atoms with van der Waals surface area (Å²) in [6.45, 7) is 13.5. The molecule has 5 aliphatic heterocycles. The first-order valence-corrected chi connectivity index (χ1v) is 28.4. The van der Waals surface area contributed by atoms with Crippen molar-refractivity contribution in [3.05, 3.63) is 101 Å². The molecule has 18 heteroatoms. The monoisotopic (exact) mass is 1060 g/mol. The average molecular weight is 1060 g/mol. The summed E-state index contributed by atoms with van der Waals surface area (Å²) in [5.41, 5.74) is 9.36. The van der Waals surface area contributed by atoms with Gasteiger partial charge in [-0.25, -0.2) is 4.98 Å². The van der Waals surface area contributed by atoms with Gasteiger partial charge in [-0.3, -0.25) is 19.5 Å². The highest BCUT2D eigenvalue weighted by Crippen LogP contribution is 2.49. The molecule has 5 fully saturated rings. The highest BCUT2D eigenvalue weighted by Gasteiger charge is 2.51. The molecule has 4 N–H and O–H groups in total. The number of likely N-dealkylation sites (tertiary alicyclic amines) is 1. The van der Waals surface area contributed by atoms with E-state index in [-0.39, 0.29) is 60.0 Å². The normalized spacial score (nSPS) is 25.4. The Balaban J connectivity index is 0.697. The van der Waals surface area contributed by atoms with Crippen LogP contribution in [0.4, 0.5) is 5.82 Å². The van der Waals surface area contributed by atoms with Gasteiger partial charge in [-0.2, -0.15) is 9.97 Å². The lowest BCUT2D eigenvalue weighted by molar-refractivity contribution is -0.141. The lowest BCUT2D eigenvalue weighted by Gasteiger charge is -2.36. The smallest absolute Gasteiger partial charge is 0.319 e. The quantitative estimate of drug-likeness (QED) is 0.0807. The molecule has 6 aliphatic rings. The third kappa shape index (κ3) is 8.84. The number of pyridine rings is 1. The molecule has 9 heterocycles. The Bertz CT molecular complexity index is 3410. The first-order valence-electron chi connectivity index (χ1n) is 27.5. The van der Waals surface area contributed by atoms with Crippen molar-refractivity contribution in [1.82, 2.24) is 45.5 Å². The van der Waals surface area contributed by atoms with E-state index in [0.717, 1.165) is 124 Å². The summed E-state index contributed by atoms with van der Waals surface area (Å²) < 4.78 is 19.2. The van der Waals surface area contributed by atoms with Gasteiger partial charge in [0.15, 0.2) is 5.76 Å². The van der Waals surface area contributed by atoms with Crippen LogP contribution in [0.3, 0.4) is 0 Å². The maximum atomic E-state index is 14.5. The van der Waals surface area contributed by atoms with Crippen LogP contribution in [0, 0.1) is 12.8 Å². The SMILES string of the molecule is Cc1ncsc1-c1ccc([C@H](C)NC(=O)[C@@H]2C[C@@H](O)CN2C(=O)C(c2cc(OC[C@H]3CC[C@@]4(COc5nc(N6CC7CCC(C6)N7)c6cnc7c(c6n5)C(C)c5cccc6cc(O)cc-7c56)CCCN34)no2)C(C)C)cc1. The second-order valence-corrected chi connectivity index (χ2v) is 23.8. The summed E-state index contributed by atoms with van der Waals surface area (Å²) >= 11 is 1.59. The van der Waals surface area contributed by atoms with E-state index < -0.39 is 18.1 Å². The van der Waals surface area contributed by atoms with Gasteiger partial charge >= 0.3 is 6.01 Å². The second kappa shape index (κ2) is 19.6. The molecule has 2 amide bonds. The van der Waals surface area contributed by atoms with Gasteiger partial charge in [-0.15, -0.1) is 11.3 Å². The van der Waals surface area contributed by atoms with Crippen molar-refractivity contribution >= 4 is 50.6 Å². The van der Waals surface area contributed by atoms with Crippen molar-refractivity contribution in [2.24, 2.45) is 5.92 Å². The number of aliphatic hydroxyl groups is 1. The predicted octanol–water partition coefficient (Wildman–Crippen LogP) is 8.41. The molecule has 400 valence electrons. The number of phenols is 1. The number of hydrogen-bond acceptors (Lipinski definition) is 16. The number of benzene rings is 3. The van der Waals surface area contributed by atoms with Gasteiger partial charge in [0.2, 0.25) is 11.8 Å². The number of anilines is 1. The molecule has 0 radical (unpaired) electrons. The third-order valence-corrected chi connectivity index (χ3v) is 18.7. The highest BCUT2D eigenvalue weighted by molar-refractivity contribution is 7.13. The van der Waals surface area contributed by atoms with E-state index in [4.69, 9.17) is 28.9 Å². The second-order valence-electron chi connectivity index (χ2n) is 22.9. The fraction of sp³-hybridized carbons (Fsp3) is 0.475. The molecule has 7 aromatic rings. The summed E-state index contributed by atoms with van der Waals surface area (Å²) in [6, 6.07) is 19.8. The van der Waals surface area contributed by atoms with Crippen molar-refractivity contribution in [3.63, 3.8) is 0 Å². The number of thiazole rings is 1. The van der Waals surface area contributed by atoms with E-state index in [9.17, 15) is 19.8 Å². The number of aryl methyl sites for hydroxylation is 1. The van der Waals surface area contributed by atoms with Crippen LogP contribution < -0.4 is 25.0 Å². The van der Waals surface area contributed by atoms with Gasteiger partial charge in [0.1, 0.15) is 36.7 Å². The fourth-order valence-corrected chi connectivity index (χ4v) is 14.7. The number of aromatic hydroxyl groups is 1. The first kappa shape index (κ1) is 49.8. The standard InChI is InChI=1S/C59H66N10O7S/c1-31(2)49(57(73)68-27-42(71)22-46(68)56(72)62-33(4)35-10-12-36(13-11-35)54-34(5)61-30-77-54)47-23-48(66-76-47)74-28-40-16-18-59(17-7-19-69(40)59)29-75-58-64-53-45(55(65-58)67-25-38-14-15-39(26-67)63-38)24-60-52-44-21-41(70)20-37-8-6-9-43(51(37)44)32(3)50(52)53/h6,8-13,20-21,23-24,30-33,38-40,42,46,49,63,70-71H,7,14-19,22,25-29H2,1-5H3,(H,62,72)/t32?,33-,38?,39?,40+,42+,46-,49?,59+/m0/s1. The van der Waals surface area contributed by atoms with Gasteiger partial charge in [0.05, 0.1) is 50.4 Å². The average Bonchev–Trinajstić information content (AvgIpc) is 4.47. The summed E-state index contributed by atoms with van der Waals surface area (Å²) in [6.07, 6.45) is 7.33. The number of rotatable bonds is 14. The van der Waals surface area contributed by atoms with Gasteiger partial charge in [0, 0.05) is 73.5 Å². The molecule has 3 aromatic carbocycles. The van der Waals surface area contributed by atoms with Crippen LogP contribution in [0.2, 0.25) is 0 Å². The maximum absolute atomic E-state index is 14.5. The lowest BCUT2D eigenvalue weighted by Crippen LogP contribution is -2.51. The number of hydrogen-bond donors (Lipinski definition) is 4.